The number of benzene rings is 1. The summed E-state index contributed by atoms with van der Waals surface area (Å²) in [5.41, 5.74) is 4.11. The SMILES string of the molecule is CC(C)(C)OC(=O)CC[C@@](N)(Nc1ccccc1)C(=O)O. The van der Waals surface area contributed by atoms with Gasteiger partial charge in [-0.25, -0.2) is 4.79 Å². The second kappa shape index (κ2) is 6.58. The van der Waals surface area contributed by atoms with Crippen LogP contribution >= 0.6 is 0 Å². The summed E-state index contributed by atoms with van der Waals surface area (Å²) in [4.78, 5) is 23.1. The van der Waals surface area contributed by atoms with Crippen molar-refractivity contribution in [2.24, 2.45) is 5.73 Å². The zero-order valence-corrected chi connectivity index (χ0v) is 12.6. The van der Waals surface area contributed by atoms with Crippen molar-refractivity contribution >= 4 is 17.6 Å². The summed E-state index contributed by atoms with van der Waals surface area (Å²) in [7, 11) is 0. The van der Waals surface area contributed by atoms with Crippen LogP contribution in [0.5, 0.6) is 0 Å². The lowest BCUT2D eigenvalue weighted by Gasteiger charge is -2.27. The normalized spacial score (nSPS) is 14.1. The number of carboxylic acid groups (broad SMARTS) is 1. The molecule has 6 heteroatoms. The number of para-hydroxylation sites is 1. The van der Waals surface area contributed by atoms with Crippen LogP contribution in [-0.4, -0.2) is 28.3 Å². The maximum atomic E-state index is 11.7. The molecule has 0 saturated heterocycles. The minimum absolute atomic E-state index is 0.0772. The van der Waals surface area contributed by atoms with E-state index in [4.69, 9.17) is 10.5 Å². The average molecular weight is 294 g/mol. The van der Waals surface area contributed by atoms with Crippen molar-refractivity contribution in [2.75, 3.05) is 5.32 Å². The van der Waals surface area contributed by atoms with E-state index in [-0.39, 0.29) is 12.8 Å². The Morgan fingerprint density at radius 1 is 1.24 bits per heavy atom. The van der Waals surface area contributed by atoms with E-state index in [0.717, 1.165) is 0 Å². The van der Waals surface area contributed by atoms with Gasteiger partial charge in [-0.05, 0) is 32.9 Å². The molecule has 116 valence electrons. The highest BCUT2D eigenvalue weighted by Crippen LogP contribution is 2.18. The summed E-state index contributed by atoms with van der Waals surface area (Å²) >= 11 is 0. The van der Waals surface area contributed by atoms with Crippen molar-refractivity contribution in [1.82, 2.24) is 0 Å². The van der Waals surface area contributed by atoms with Gasteiger partial charge in [-0.1, -0.05) is 18.2 Å². The molecule has 4 N–H and O–H groups in total. The molecule has 1 aromatic rings. The predicted octanol–water partition coefficient (Wildman–Crippen LogP) is 1.96. The van der Waals surface area contributed by atoms with E-state index >= 15 is 0 Å². The highest BCUT2D eigenvalue weighted by Gasteiger charge is 2.35. The Morgan fingerprint density at radius 3 is 2.29 bits per heavy atom. The van der Waals surface area contributed by atoms with E-state index in [9.17, 15) is 14.7 Å². The van der Waals surface area contributed by atoms with Crippen LogP contribution in [0, 0.1) is 0 Å². The summed E-state index contributed by atoms with van der Waals surface area (Å²) < 4.78 is 5.15. The molecular weight excluding hydrogens is 272 g/mol. The monoisotopic (exact) mass is 294 g/mol. The Hall–Kier alpha value is -2.08. The molecule has 0 aromatic heterocycles. The van der Waals surface area contributed by atoms with Gasteiger partial charge in [0.1, 0.15) is 5.60 Å². The van der Waals surface area contributed by atoms with Gasteiger partial charge in [-0.3, -0.25) is 10.5 Å². The average Bonchev–Trinajstić information content (AvgIpc) is 2.35. The van der Waals surface area contributed by atoms with Gasteiger partial charge in [0, 0.05) is 18.5 Å². The molecule has 0 unspecified atom stereocenters. The van der Waals surface area contributed by atoms with Gasteiger partial charge in [-0.15, -0.1) is 0 Å². The van der Waals surface area contributed by atoms with E-state index in [1.807, 2.05) is 6.07 Å². The molecule has 1 rings (SSSR count). The Kier molecular flexibility index (Phi) is 5.32. The summed E-state index contributed by atoms with van der Waals surface area (Å²) in [5, 5.41) is 12.0. The molecule has 0 heterocycles. The lowest BCUT2D eigenvalue weighted by Crippen LogP contribution is -2.55. The number of hydrogen-bond donors (Lipinski definition) is 3. The topological polar surface area (TPSA) is 102 Å². The summed E-state index contributed by atoms with van der Waals surface area (Å²) in [6.07, 6.45) is -0.161. The third-order valence-corrected chi connectivity index (χ3v) is 2.67. The third kappa shape index (κ3) is 5.83. The Morgan fingerprint density at radius 2 is 1.81 bits per heavy atom. The fourth-order valence-electron chi connectivity index (χ4n) is 1.69. The summed E-state index contributed by atoms with van der Waals surface area (Å²) in [6.45, 7) is 5.25. The quantitative estimate of drug-likeness (QED) is 0.547. The molecule has 6 nitrogen and oxygen atoms in total. The minimum atomic E-state index is -1.72. The maximum Gasteiger partial charge on any atom is 0.344 e. The van der Waals surface area contributed by atoms with Crippen LogP contribution in [0.25, 0.3) is 0 Å². The largest absolute Gasteiger partial charge is 0.478 e. The van der Waals surface area contributed by atoms with Crippen LogP contribution in [-0.2, 0) is 14.3 Å². The second-order valence-corrected chi connectivity index (χ2v) is 5.85. The van der Waals surface area contributed by atoms with Crippen LogP contribution < -0.4 is 11.1 Å². The zero-order valence-electron chi connectivity index (χ0n) is 12.6. The number of nitrogens with one attached hydrogen (secondary N) is 1. The number of aliphatic carboxylic acids is 1. The van der Waals surface area contributed by atoms with Crippen molar-refractivity contribution in [3.05, 3.63) is 30.3 Å². The second-order valence-electron chi connectivity index (χ2n) is 5.85. The van der Waals surface area contributed by atoms with Crippen molar-refractivity contribution in [2.45, 2.75) is 44.9 Å². The van der Waals surface area contributed by atoms with Gasteiger partial charge in [-0.2, -0.15) is 0 Å². The maximum absolute atomic E-state index is 11.7. The number of nitrogens with two attached hydrogens (primary N) is 1. The fraction of sp³-hybridized carbons (Fsp3) is 0.467. The number of esters is 1. The van der Waals surface area contributed by atoms with Gasteiger partial charge in [0.15, 0.2) is 5.66 Å². The lowest BCUT2D eigenvalue weighted by molar-refractivity contribution is -0.155. The van der Waals surface area contributed by atoms with Crippen molar-refractivity contribution in [1.29, 1.82) is 0 Å². The Labute approximate surface area is 124 Å². The molecule has 0 amide bonds. The Bertz CT molecular complexity index is 496. The Balaban J connectivity index is 2.69. The molecule has 1 atom stereocenters. The number of carbonyl (C=O) groups is 2. The number of carboxylic acids is 1. The van der Waals surface area contributed by atoms with Crippen molar-refractivity contribution in [3.63, 3.8) is 0 Å². The standard InChI is InChI=1S/C15H22N2O4/c1-14(2,3)21-12(18)9-10-15(16,13(19)20)17-11-7-5-4-6-8-11/h4-8,17H,9-10,16H2,1-3H3,(H,19,20)/t15-/m1/s1. The first kappa shape index (κ1) is 17.0. The molecule has 0 saturated carbocycles. The predicted molar refractivity (Wildman–Crippen MR) is 79.7 cm³/mol. The summed E-state index contributed by atoms with van der Waals surface area (Å²) in [5.74, 6) is -1.71. The minimum Gasteiger partial charge on any atom is -0.478 e. The number of hydrogen-bond acceptors (Lipinski definition) is 5. The van der Waals surface area contributed by atoms with Gasteiger partial charge in [0.2, 0.25) is 0 Å². The fourth-order valence-corrected chi connectivity index (χ4v) is 1.69. The molecule has 21 heavy (non-hydrogen) atoms. The third-order valence-electron chi connectivity index (χ3n) is 2.67. The van der Waals surface area contributed by atoms with E-state index in [1.165, 1.54) is 0 Å². The van der Waals surface area contributed by atoms with Crippen molar-refractivity contribution in [3.8, 4) is 0 Å². The van der Waals surface area contributed by atoms with Crippen molar-refractivity contribution < 1.29 is 19.4 Å². The summed E-state index contributed by atoms with van der Waals surface area (Å²) in [6, 6.07) is 8.75. The molecule has 0 radical (unpaired) electrons. The van der Waals surface area contributed by atoms with Gasteiger partial charge >= 0.3 is 11.9 Å². The molecule has 0 aliphatic rings. The number of carbonyl (C=O) groups excluding carboxylic acids is 1. The number of ether oxygens (including phenoxy) is 1. The number of rotatable bonds is 6. The zero-order chi connectivity index (χ0) is 16.1. The van der Waals surface area contributed by atoms with E-state index in [1.54, 1.807) is 45.0 Å². The molecule has 0 fully saturated rings. The van der Waals surface area contributed by atoms with Gasteiger partial charge in [0.05, 0.1) is 0 Å². The molecule has 1 aromatic carbocycles. The first-order valence-corrected chi connectivity index (χ1v) is 6.70. The van der Waals surface area contributed by atoms with E-state index in [2.05, 4.69) is 5.32 Å². The molecule has 0 aliphatic heterocycles. The van der Waals surface area contributed by atoms with Crippen LogP contribution in [0.1, 0.15) is 33.6 Å². The number of anilines is 1. The van der Waals surface area contributed by atoms with Gasteiger partial charge < -0.3 is 15.2 Å². The smallest absolute Gasteiger partial charge is 0.344 e. The van der Waals surface area contributed by atoms with Crippen LogP contribution in [0.3, 0.4) is 0 Å². The molecule has 0 aliphatic carbocycles. The van der Waals surface area contributed by atoms with Crippen LogP contribution in [0.4, 0.5) is 5.69 Å². The van der Waals surface area contributed by atoms with Crippen LogP contribution in [0.2, 0.25) is 0 Å². The van der Waals surface area contributed by atoms with Gasteiger partial charge in [0.25, 0.3) is 0 Å². The molecule has 0 spiro atoms. The first-order valence-electron chi connectivity index (χ1n) is 6.70. The van der Waals surface area contributed by atoms with E-state index in [0.29, 0.717) is 5.69 Å². The van der Waals surface area contributed by atoms with E-state index < -0.39 is 23.2 Å². The first-order chi connectivity index (χ1) is 9.62. The lowest BCUT2D eigenvalue weighted by atomic mass is 10.0. The van der Waals surface area contributed by atoms with Crippen LogP contribution in [0.15, 0.2) is 30.3 Å². The highest BCUT2D eigenvalue weighted by molar-refractivity contribution is 5.83. The molecule has 0 bridgehead atoms. The highest BCUT2D eigenvalue weighted by atomic mass is 16.6. The molecular formula is C15H22N2O4.